The predicted octanol–water partition coefficient (Wildman–Crippen LogP) is 4.71. The number of anilines is 2. The summed E-state index contributed by atoms with van der Waals surface area (Å²) in [5, 5.41) is 6.10. The smallest absolute Gasteiger partial charge is 0.352 e. The van der Waals surface area contributed by atoms with Crippen LogP contribution in [0.5, 0.6) is 0 Å². The third-order valence-corrected chi connectivity index (χ3v) is 7.67. The molecule has 0 fully saturated rings. The van der Waals surface area contributed by atoms with Crippen LogP contribution in [0.15, 0.2) is 36.5 Å². The van der Waals surface area contributed by atoms with Gasteiger partial charge < -0.3 is 15.5 Å². The van der Waals surface area contributed by atoms with Crippen LogP contribution in [0.2, 0.25) is 0 Å². The van der Waals surface area contributed by atoms with Gasteiger partial charge in [0, 0.05) is 48.4 Å². The topological polar surface area (TPSA) is 87.2 Å². The van der Waals surface area contributed by atoms with Crippen molar-refractivity contribution in [1.29, 1.82) is 0 Å². The van der Waals surface area contributed by atoms with Gasteiger partial charge in [-0.1, -0.05) is 6.92 Å². The van der Waals surface area contributed by atoms with Gasteiger partial charge in [-0.2, -0.15) is 13.2 Å². The third kappa shape index (κ3) is 5.06. The second-order valence-electron chi connectivity index (χ2n) is 9.04. The molecule has 1 aromatic carbocycles. The number of aromatic nitrogens is 2. The fourth-order valence-corrected chi connectivity index (χ4v) is 5.47. The number of alkyl halides is 3. The molecule has 0 aliphatic carbocycles. The van der Waals surface area contributed by atoms with Gasteiger partial charge in [-0.3, -0.25) is 9.59 Å². The minimum atomic E-state index is -4.38. The number of nitrogens with one attached hydrogen (secondary N) is 2. The summed E-state index contributed by atoms with van der Waals surface area (Å²) in [4.78, 5) is 36.9. The summed E-state index contributed by atoms with van der Waals surface area (Å²) in [6.45, 7) is 2.33. The third-order valence-electron chi connectivity index (χ3n) is 6.44. The van der Waals surface area contributed by atoms with E-state index in [0.717, 1.165) is 39.9 Å². The van der Waals surface area contributed by atoms with E-state index in [1.807, 2.05) is 18.2 Å². The molecule has 4 heterocycles. The summed E-state index contributed by atoms with van der Waals surface area (Å²) in [7, 11) is 0. The number of thiophene rings is 1. The first kappa shape index (κ1) is 24.2. The standard InChI is InChI=1S/C25H24F3N5O2S/c1-14(25(26,27)28)10-22(34)33-9-6-19-16(13-33)12-20(36-19)23-29-8-5-21(32-23)31-17-2-3-18-15(11-17)4-7-30-24(18)35/h2-3,5,8,11-12,14H,4,6-7,9-10,13H2,1H3,(H,30,35)(H,29,31,32). The molecule has 1 unspecified atom stereocenters. The molecule has 2 N–H and O–H groups in total. The minimum Gasteiger partial charge on any atom is -0.352 e. The Labute approximate surface area is 209 Å². The summed E-state index contributed by atoms with van der Waals surface area (Å²) in [6.07, 6.45) is -1.91. The molecule has 0 saturated heterocycles. The number of amides is 2. The average Bonchev–Trinajstić information content (AvgIpc) is 3.27. The van der Waals surface area contributed by atoms with Crippen LogP contribution in [-0.4, -0.2) is 45.9 Å². The van der Waals surface area contributed by atoms with Crippen LogP contribution < -0.4 is 10.6 Å². The van der Waals surface area contributed by atoms with Crippen molar-refractivity contribution in [2.45, 2.75) is 38.9 Å². The Morgan fingerprint density at radius 3 is 2.86 bits per heavy atom. The lowest BCUT2D eigenvalue weighted by Gasteiger charge is -2.28. The quantitative estimate of drug-likeness (QED) is 0.514. The van der Waals surface area contributed by atoms with Gasteiger partial charge in [-0.05, 0) is 54.3 Å². The zero-order valence-electron chi connectivity index (χ0n) is 19.5. The highest BCUT2D eigenvalue weighted by Crippen LogP contribution is 2.35. The molecule has 188 valence electrons. The lowest BCUT2D eigenvalue weighted by molar-refractivity contribution is -0.176. The van der Waals surface area contributed by atoms with E-state index >= 15 is 0 Å². The predicted molar refractivity (Wildman–Crippen MR) is 130 cm³/mol. The first-order chi connectivity index (χ1) is 17.2. The number of nitrogens with zero attached hydrogens (tertiary/aromatic N) is 3. The number of carbonyl (C=O) groups excluding carboxylic acids is 2. The fraction of sp³-hybridized carbons (Fsp3) is 0.360. The van der Waals surface area contributed by atoms with Crippen LogP contribution in [-0.2, 0) is 24.2 Å². The summed E-state index contributed by atoms with van der Waals surface area (Å²) in [5.74, 6) is -1.09. The second kappa shape index (κ2) is 9.53. The van der Waals surface area contributed by atoms with E-state index in [9.17, 15) is 22.8 Å². The molecular formula is C25H24F3N5O2S. The van der Waals surface area contributed by atoms with Crippen LogP contribution in [0, 0.1) is 5.92 Å². The largest absolute Gasteiger partial charge is 0.392 e. The monoisotopic (exact) mass is 515 g/mol. The molecule has 0 saturated carbocycles. The van der Waals surface area contributed by atoms with Crippen LogP contribution in [0.4, 0.5) is 24.7 Å². The number of rotatable bonds is 5. The molecule has 2 aromatic heterocycles. The van der Waals surface area contributed by atoms with Crippen LogP contribution in [0.3, 0.4) is 0 Å². The Morgan fingerprint density at radius 1 is 1.22 bits per heavy atom. The van der Waals surface area contributed by atoms with Gasteiger partial charge in [0.25, 0.3) is 5.91 Å². The second-order valence-corrected chi connectivity index (χ2v) is 10.2. The Balaban J connectivity index is 1.29. The molecule has 11 heteroatoms. The fourth-order valence-electron chi connectivity index (χ4n) is 4.36. The van der Waals surface area contributed by atoms with E-state index in [2.05, 4.69) is 20.6 Å². The molecule has 2 aliphatic heterocycles. The SMILES string of the molecule is CC(CC(=O)N1CCc2sc(-c3nccc(Nc4ccc5c(c4)CCNC5=O)n3)cc2C1)C(F)(F)F. The lowest BCUT2D eigenvalue weighted by Crippen LogP contribution is -2.37. The number of hydrogen-bond donors (Lipinski definition) is 2. The van der Waals surface area contributed by atoms with Gasteiger partial charge in [0.1, 0.15) is 5.82 Å². The zero-order valence-corrected chi connectivity index (χ0v) is 20.3. The van der Waals surface area contributed by atoms with Gasteiger partial charge in [0.15, 0.2) is 5.82 Å². The number of fused-ring (bicyclic) bond motifs is 2. The molecule has 0 radical (unpaired) electrons. The average molecular weight is 516 g/mol. The van der Waals surface area contributed by atoms with Crippen LogP contribution in [0.1, 0.15) is 39.7 Å². The van der Waals surface area contributed by atoms with Gasteiger partial charge in [0.05, 0.1) is 10.8 Å². The van der Waals surface area contributed by atoms with Crippen molar-refractivity contribution in [3.8, 4) is 10.7 Å². The maximum absolute atomic E-state index is 12.9. The first-order valence-electron chi connectivity index (χ1n) is 11.6. The number of benzene rings is 1. The maximum Gasteiger partial charge on any atom is 0.392 e. The highest BCUT2D eigenvalue weighted by Gasteiger charge is 2.38. The Kier molecular flexibility index (Phi) is 6.42. The van der Waals surface area contributed by atoms with Crippen LogP contribution in [0.25, 0.3) is 10.7 Å². The zero-order chi connectivity index (χ0) is 25.4. The Morgan fingerprint density at radius 2 is 2.06 bits per heavy atom. The Bertz CT molecular complexity index is 1320. The molecule has 1 atom stereocenters. The molecular weight excluding hydrogens is 491 g/mol. The minimum absolute atomic E-state index is 0.0658. The molecule has 3 aromatic rings. The van der Waals surface area contributed by atoms with Gasteiger partial charge in [0.2, 0.25) is 5.91 Å². The van der Waals surface area contributed by atoms with Crippen molar-refractivity contribution in [2.24, 2.45) is 5.92 Å². The highest BCUT2D eigenvalue weighted by atomic mass is 32.1. The number of carbonyl (C=O) groups is 2. The van der Waals surface area contributed by atoms with E-state index in [1.54, 1.807) is 18.3 Å². The van der Waals surface area contributed by atoms with Crippen molar-refractivity contribution in [2.75, 3.05) is 18.4 Å². The highest BCUT2D eigenvalue weighted by molar-refractivity contribution is 7.15. The van der Waals surface area contributed by atoms with Crippen molar-refractivity contribution in [3.63, 3.8) is 0 Å². The number of halogens is 3. The molecule has 2 amide bonds. The first-order valence-corrected chi connectivity index (χ1v) is 12.5. The van der Waals surface area contributed by atoms with Crippen molar-refractivity contribution in [1.82, 2.24) is 20.2 Å². The van der Waals surface area contributed by atoms with E-state index in [4.69, 9.17) is 0 Å². The lowest BCUT2D eigenvalue weighted by atomic mass is 10.00. The summed E-state index contributed by atoms with van der Waals surface area (Å²) < 4.78 is 38.6. The summed E-state index contributed by atoms with van der Waals surface area (Å²) in [6, 6.07) is 9.25. The molecule has 7 nitrogen and oxygen atoms in total. The van der Waals surface area contributed by atoms with E-state index in [1.165, 1.54) is 16.2 Å². The van der Waals surface area contributed by atoms with E-state index in [0.29, 0.717) is 36.7 Å². The molecule has 2 aliphatic rings. The number of hydrogen-bond acceptors (Lipinski definition) is 6. The summed E-state index contributed by atoms with van der Waals surface area (Å²) >= 11 is 1.54. The summed E-state index contributed by atoms with van der Waals surface area (Å²) in [5.41, 5.74) is 3.40. The van der Waals surface area contributed by atoms with Gasteiger partial charge >= 0.3 is 6.18 Å². The van der Waals surface area contributed by atoms with Crippen molar-refractivity contribution >= 4 is 34.7 Å². The van der Waals surface area contributed by atoms with Crippen molar-refractivity contribution in [3.05, 3.63) is 58.1 Å². The van der Waals surface area contributed by atoms with E-state index in [-0.39, 0.29) is 12.5 Å². The Hall–Kier alpha value is -3.47. The molecule has 0 spiro atoms. The van der Waals surface area contributed by atoms with Gasteiger partial charge in [-0.25, -0.2) is 9.97 Å². The molecule has 36 heavy (non-hydrogen) atoms. The van der Waals surface area contributed by atoms with E-state index < -0.39 is 24.4 Å². The van der Waals surface area contributed by atoms with Crippen molar-refractivity contribution < 1.29 is 22.8 Å². The normalized spacial score (nSPS) is 16.1. The molecule has 5 rings (SSSR count). The molecule has 0 bridgehead atoms. The van der Waals surface area contributed by atoms with Gasteiger partial charge in [-0.15, -0.1) is 11.3 Å². The van der Waals surface area contributed by atoms with Crippen LogP contribution >= 0.6 is 11.3 Å². The maximum atomic E-state index is 12.9.